The number of carbonyl (C=O) groups is 2. The van der Waals surface area contributed by atoms with Crippen LogP contribution in [0.2, 0.25) is 0 Å². The zero-order valence-electron chi connectivity index (χ0n) is 6.54. The summed E-state index contributed by atoms with van der Waals surface area (Å²) in [7, 11) is 0. The van der Waals surface area contributed by atoms with Crippen LogP contribution in [-0.4, -0.2) is 29.9 Å². The second-order valence-corrected chi connectivity index (χ2v) is 2.25. The minimum Gasteiger partial charge on any atom is -0.480 e. The lowest BCUT2D eigenvalue weighted by Crippen LogP contribution is -2.37. The highest BCUT2D eigenvalue weighted by molar-refractivity contribution is 5.76. The van der Waals surface area contributed by atoms with E-state index in [0.29, 0.717) is 12.8 Å². The zero-order valence-corrected chi connectivity index (χ0v) is 6.54. The summed E-state index contributed by atoms with van der Waals surface area (Å²) in [6.07, 6.45) is 1.51. The maximum absolute atomic E-state index is 10.4. The Kier molecular flexibility index (Phi) is 5.37. The van der Waals surface area contributed by atoms with Crippen molar-refractivity contribution >= 4 is 12.3 Å². The van der Waals surface area contributed by atoms with Gasteiger partial charge in [-0.15, -0.1) is 0 Å². The lowest BCUT2D eigenvalue weighted by atomic mass is 10.2. The van der Waals surface area contributed by atoms with E-state index in [9.17, 15) is 9.59 Å². The summed E-state index contributed by atoms with van der Waals surface area (Å²) in [6.45, 7) is 2.57. The fourth-order valence-corrected chi connectivity index (χ4v) is 0.686. The van der Waals surface area contributed by atoms with Gasteiger partial charge in [0.05, 0.1) is 0 Å². The van der Waals surface area contributed by atoms with Crippen LogP contribution < -0.4 is 5.32 Å². The molecular weight excluding hydrogens is 146 g/mol. The van der Waals surface area contributed by atoms with Gasteiger partial charge in [-0.3, -0.25) is 4.79 Å². The SMILES string of the molecule is CCCNC(CC=O)C(=O)O. The van der Waals surface area contributed by atoms with E-state index in [2.05, 4.69) is 5.32 Å². The summed E-state index contributed by atoms with van der Waals surface area (Å²) in [6, 6.07) is -0.715. The zero-order chi connectivity index (χ0) is 8.69. The number of hydrogen-bond donors (Lipinski definition) is 2. The van der Waals surface area contributed by atoms with E-state index < -0.39 is 12.0 Å². The van der Waals surface area contributed by atoms with Crippen LogP contribution in [0.25, 0.3) is 0 Å². The fourth-order valence-electron chi connectivity index (χ4n) is 0.686. The summed E-state index contributed by atoms with van der Waals surface area (Å²) >= 11 is 0. The summed E-state index contributed by atoms with van der Waals surface area (Å²) in [4.78, 5) is 20.4. The van der Waals surface area contributed by atoms with E-state index in [0.717, 1.165) is 6.42 Å². The highest BCUT2D eigenvalue weighted by Gasteiger charge is 2.14. The van der Waals surface area contributed by atoms with Gasteiger partial charge in [-0.2, -0.15) is 0 Å². The molecule has 2 N–H and O–H groups in total. The molecule has 1 unspecified atom stereocenters. The molecule has 0 aliphatic rings. The van der Waals surface area contributed by atoms with Crippen molar-refractivity contribution in [3.05, 3.63) is 0 Å². The molecule has 0 aromatic carbocycles. The molecule has 64 valence electrons. The second-order valence-electron chi connectivity index (χ2n) is 2.25. The van der Waals surface area contributed by atoms with Crippen LogP contribution in [0, 0.1) is 0 Å². The van der Waals surface area contributed by atoms with Crippen LogP contribution in [0.1, 0.15) is 19.8 Å². The van der Waals surface area contributed by atoms with Gasteiger partial charge in [-0.1, -0.05) is 6.92 Å². The number of carboxylic acids is 1. The van der Waals surface area contributed by atoms with E-state index >= 15 is 0 Å². The molecule has 0 saturated carbocycles. The first-order chi connectivity index (χ1) is 5.22. The molecule has 0 fully saturated rings. The molecule has 0 bridgehead atoms. The molecule has 4 nitrogen and oxygen atoms in total. The lowest BCUT2D eigenvalue weighted by molar-refractivity contribution is -0.140. The maximum Gasteiger partial charge on any atom is 0.321 e. The number of aldehydes is 1. The molecule has 4 heteroatoms. The average molecular weight is 159 g/mol. The molecule has 0 radical (unpaired) electrons. The Morgan fingerprint density at radius 3 is 2.73 bits per heavy atom. The largest absolute Gasteiger partial charge is 0.480 e. The van der Waals surface area contributed by atoms with Crippen molar-refractivity contribution in [3.8, 4) is 0 Å². The monoisotopic (exact) mass is 159 g/mol. The van der Waals surface area contributed by atoms with Crippen molar-refractivity contribution in [1.82, 2.24) is 5.32 Å². The van der Waals surface area contributed by atoms with E-state index in [1.807, 2.05) is 6.92 Å². The summed E-state index contributed by atoms with van der Waals surface area (Å²) in [5.74, 6) is -0.967. The first-order valence-electron chi connectivity index (χ1n) is 3.62. The molecule has 1 atom stereocenters. The predicted molar refractivity (Wildman–Crippen MR) is 40.4 cm³/mol. The van der Waals surface area contributed by atoms with Gasteiger partial charge in [0.2, 0.25) is 0 Å². The summed E-state index contributed by atoms with van der Waals surface area (Å²) < 4.78 is 0. The standard InChI is InChI=1S/C7H13NO3/c1-2-4-8-6(3-5-9)7(10)11/h5-6,8H,2-4H2,1H3,(H,10,11). The Bertz CT molecular complexity index is 136. The topological polar surface area (TPSA) is 66.4 Å². The van der Waals surface area contributed by atoms with Crippen LogP contribution in [0.4, 0.5) is 0 Å². The van der Waals surface area contributed by atoms with Crippen molar-refractivity contribution in [2.24, 2.45) is 0 Å². The molecule has 11 heavy (non-hydrogen) atoms. The molecular formula is C7H13NO3. The molecule has 0 rings (SSSR count). The van der Waals surface area contributed by atoms with Crippen molar-refractivity contribution in [2.45, 2.75) is 25.8 Å². The van der Waals surface area contributed by atoms with Crippen LogP contribution >= 0.6 is 0 Å². The number of carbonyl (C=O) groups excluding carboxylic acids is 1. The Labute approximate surface area is 65.6 Å². The normalized spacial score (nSPS) is 12.5. The van der Waals surface area contributed by atoms with E-state index in [-0.39, 0.29) is 6.42 Å². The molecule has 0 amide bonds. The molecule has 0 spiro atoms. The number of rotatable bonds is 6. The van der Waals surface area contributed by atoms with Gasteiger partial charge < -0.3 is 15.2 Å². The van der Waals surface area contributed by atoms with Crippen LogP contribution in [0.5, 0.6) is 0 Å². The Hall–Kier alpha value is -0.900. The average Bonchev–Trinajstić information content (AvgIpc) is 1.97. The third-order valence-electron chi connectivity index (χ3n) is 1.27. The Morgan fingerprint density at radius 2 is 2.36 bits per heavy atom. The third-order valence-corrected chi connectivity index (χ3v) is 1.27. The lowest BCUT2D eigenvalue weighted by Gasteiger charge is -2.09. The predicted octanol–water partition coefficient (Wildman–Crippen LogP) is 0.0282. The Balaban J connectivity index is 3.69. The van der Waals surface area contributed by atoms with Gasteiger partial charge in [0, 0.05) is 6.42 Å². The quantitative estimate of drug-likeness (QED) is 0.536. The third kappa shape index (κ3) is 4.50. The molecule has 0 saturated heterocycles. The van der Waals surface area contributed by atoms with Gasteiger partial charge in [0.25, 0.3) is 0 Å². The van der Waals surface area contributed by atoms with Gasteiger partial charge in [-0.25, -0.2) is 0 Å². The summed E-state index contributed by atoms with van der Waals surface area (Å²) in [5, 5.41) is 11.2. The van der Waals surface area contributed by atoms with Crippen LogP contribution in [0.15, 0.2) is 0 Å². The maximum atomic E-state index is 10.4. The number of hydrogen-bond acceptors (Lipinski definition) is 3. The first-order valence-corrected chi connectivity index (χ1v) is 3.62. The Morgan fingerprint density at radius 1 is 1.73 bits per heavy atom. The number of aliphatic carboxylic acids is 1. The molecule has 0 aliphatic heterocycles. The van der Waals surface area contributed by atoms with E-state index in [1.165, 1.54) is 0 Å². The number of nitrogens with one attached hydrogen (secondary N) is 1. The van der Waals surface area contributed by atoms with Crippen molar-refractivity contribution in [3.63, 3.8) is 0 Å². The van der Waals surface area contributed by atoms with E-state index in [4.69, 9.17) is 5.11 Å². The highest BCUT2D eigenvalue weighted by Crippen LogP contribution is 1.88. The second kappa shape index (κ2) is 5.85. The van der Waals surface area contributed by atoms with Crippen molar-refractivity contribution in [1.29, 1.82) is 0 Å². The van der Waals surface area contributed by atoms with Crippen molar-refractivity contribution in [2.75, 3.05) is 6.54 Å². The minimum absolute atomic E-state index is 0.0370. The summed E-state index contributed by atoms with van der Waals surface area (Å²) in [5.41, 5.74) is 0. The minimum atomic E-state index is -0.967. The fraction of sp³-hybridized carbons (Fsp3) is 0.714. The van der Waals surface area contributed by atoms with E-state index in [1.54, 1.807) is 0 Å². The smallest absolute Gasteiger partial charge is 0.321 e. The van der Waals surface area contributed by atoms with Gasteiger partial charge in [-0.05, 0) is 13.0 Å². The van der Waals surface area contributed by atoms with Gasteiger partial charge >= 0.3 is 5.97 Å². The van der Waals surface area contributed by atoms with Gasteiger partial charge in [0.15, 0.2) is 0 Å². The van der Waals surface area contributed by atoms with Gasteiger partial charge in [0.1, 0.15) is 12.3 Å². The van der Waals surface area contributed by atoms with Crippen molar-refractivity contribution < 1.29 is 14.7 Å². The first kappa shape index (κ1) is 10.1. The molecule has 0 aromatic rings. The van der Waals surface area contributed by atoms with Crippen LogP contribution in [0.3, 0.4) is 0 Å². The molecule has 0 heterocycles. The molecule has 0 aliphatic carbocycles. The molecule has 0 aromatic heterocycles. The van der Waals surface area contributed by atoms with Crippen LogP contribution in [-0.2, 0) is 9.59 Å². The number of carboxylic acid groups (broad SMARTS) is 1. The highest BCUT2D eigenvalue weighted by atomic mass is 16.4.